The lowest BCUT2D eigenvalue weighted by molar-refractivity contribution is 0.660. The van der Waals surface area contributed by atoms with E-state index >= 15 is 0 Å². The summed E-state index contributed by atoms with van der Waals surface area (Å²) in [5.74, 6) is 0. The van der Waals surface area contributed by atoms with Crippen LogP contribution in [0, 0.1) is 0 Å². The number of hydrogen-bond acceptors (Lipinski definition) is 2. The Hall–Kier alpha value is -12.6. The second-order valence-electron chi connectivity index (χ2n) is 29.6. The summed E-state index contributed by atoms with van der Waals surface area (Å²) in [6.07, 6.45) is 2.28. The maximum absolute atomic E-state index is 2.45. The molecule has 0 heterocycles. The molecule has 0 fully saturated rings. The Kier molecular flexibility index (Phi) is 15.1. The first kappa shape index (κ1) is 62.4. The van der Waals surface area contributed by atoms with Crippen molar-refractivity contribution < 1.29 is 0 Å². The molecule has 2 nitrogen and oxygen atoms in total. The Morgan fingerprint density at radius 3 is 0.875 bits per heavy atom. The normalized spacial score (nSPS) is 13.3. The highest BCUT2D eigenvalue weighted by Crippen LogP contribution is 2.54. The van der Waals surface area contributed by atoms with E-state index in [-0.39, 0.29) is 10.8 Å². The van der Waals surface area contributed by atoms with Crippen LogP contribution in [0.3, 0.4) is 0 Å². The standard InChI is InChI=1S/C102H76N2/c1-101(2)97-62-81(68-18-10-6-11-19-68)41-55-92(97)93-56-42-82(63-98(93)101)73-34-47-85(48-35-73)103(89-53-40-72-27-31-80(72)61-89)86-49-36-74(37-50-86)83-43-57-94-95-58-44-84(65-100(95)102(3,4)99(94)64-83)75-38-51-88(52-39-75)104(87-45-32-70(33-46-87)67-16-8-5-9-17-67)90-54-59-91(96(66-90)76-21-12-7-13-22-76)77-28-24-71(25-29-77)79-30-26-69-20-14-15-23-78(69)60-79/h5-26,28-30,32-66H,27,31H2,1-4H3. The average molecular weight is 1330 g/mol. The summed E-state index contributed by atoms with van der Waals surface area (Å²) in [5.41, 5.74) is 39.3. The molecule has 2 heteroatoms. The van der Waals surface area contributed by atoms with Crippen molar-refractivity contribution in [2.75, 3.05) is 9.80 Å². The highest BCUT2D eigenvalue weighted by atomic mass is 15.1. The third-order valence-electron chi connectivity index (χ3n) is 22.8. The van der Waals surface area contributed by atoms with Crippen molar-refractivity contribution in [3.8, 4) is 111 Å². The predicted molar refractivity (Wildman–Crippen MR) is 439 cm³/mol. The molecule has 0 amide bonds. The smallest absolute Gasteiger partial charge is 0.0468 e. The molecular formula is C102H76N2. The fourth-order valence-electron chi connectivity index (χ4n) is 16.9. The molecule has 104 heavy (non-hydrogen) atoms. The lowest BCUT2D eigenvalue weighted by Gasteiger charge is -2.29. The number of rotatable bonds is 14. The van der Waals surface area contributed by atoms with Crippen molar-refractivity contribution in [3.63, 3.8) is 0 Å². The molecule has 0 unspecified atom stereocenters. The van der Waals surface area contributed by atoms with E-state index in [0.29, 0.717) is 0 Å². The van der Waals surface area contributed by atoms with Crippen LogP contribution in [0.25, 0.3) is 122 Å². The van der Waals surface area contributed by atoms with E-state index in [1.807, 2.05) is 0 Å². The fraction of sp³-hybridized carbons (Fsp3) is 0.0784. The van der Waals surface area contributed by atoms with Gasteiger partial charge < -0.3 is 9.80 Å². The zero-order chi connectivity index (χ0) is 69.6. The lowest BCUT2D eigenvalue weighted by Crippen LogP contribution is -2.15. The summed E-state index contributed by atoms with van der Waals surface area (Å²) in [4.78, 5) is 4.84. The van der Waals surface area contributed by atoms with Gasteiger partial charge in [0.1, 0.15) is 0 Å². The average Bonchev–Trinajstić information content (AvgIpc) is 1.58. The van der Waals surface area contributed by atoms with E-state index in [2.05, 4.69) is 401 Å². The number of hydrogen-bond donors (Lipinski definition) is 0. The first-order chi connectivity index (χ1) is 51.0. The fourth-order valence-corrected chi connectivity index (χ4v) is 16.9. The zero-order valence-corrected chi connectivity index (χ0v) is 58.9. The molecule has 16 aromatic rings. The van der Waals surface area contributed by atoms with Crippen molar-refractivity contribution in [2.45, 2.75) is 51.4 Å². The van der Waals surface area contributed by atoms with Gasteiger partial charge in [-0.25, -0.2) is 0 Å². The molecule has 19 rings (SSSR count). The number of nitrogens with zero attached hydrogens (tertiary/aromatic N) is 2. The molecule has 3 aliphatic carbocycles. The quantitative estimate of drug-likeness (QED) is 0.107. The number of fused-ring (bicyclic) bond motifs is 8. The molecule has 494 valence electrons. The highest BCUT2D eigenvalue weighted by molar-refractivity contribution is 5.94. The minimum absolute atomic E-state index is 0.128. The Labute approximate surface area is 610 Å². The summed E-state index contributed by atoms with van der Waals surface area (Å²) < 4.78 is 0. The van der Waals surface area contributed by atoms with E-state index in [4.69, 9.17) is 0 Å². The van der Waals surface area contributed by atoms with Gasteiger partial charge in [-0.05, 0) is 271 Å². The minimum atomic E-state index is -0.230. The maximum Gasteiger partial charge on any atom is 0.0468 e. The minimum Gasteiger partial charge on any atom is -0.310 e. The van der Waals surface area contributed by atoms with Crippen LogP contribution in [0.15, 0.2) is 364 Å². The number of aryl methyl sites for hydroxylation is 2. The van der Waals surface area contributed by atoms with E-state index in [1.165, 1.54) is 161 Å². The molecule has 3 aliphatic rings. The molecule has 0 spiro atoms. The molecule has 0 atom stereocenters. The molecule has 0 saturated heterocycles. The van der Waals surface area contributed by atoms with Gasteiger partial charge in [-0.2, -0.15) is 0 Å². The van der Waals surface area contributed by atoms with Crippen LogP contribution in [0.2, 0.25) is 0 Å². The van der Waals surface area contributed by atoms with Gasteiger partial charge in [-0.1, -0.05) is 289 Å². The van der Waals surface area contributed by atoms with Gasteiger partial charge in [0, 0.05) is 45.0 Å². The van der Waals surface area contributed by atoms with Gasteiger partial charge >= 0.3 is 0 Å². The van der Waals surface area contributed by atoms with Crippen molar-refractivity contribution in [2.24, 2.45) is 0 Å². The molecule has 0 saturated carbocycles. The van der Waals surface area contributed by atoms with Gasteiger partial charge in [0.05, 0.1) is 0 Å². The molecule has 0 aliphatic heterocycles. The number of anilines is 6. The second kappa shape index (κ2) is 25.2. The maximum atomic E-state index is 2.45. The van der Waals surface area contributed by atoms with Crippen molar-refractivity contribution in [1.29, 1.82) is 0 Å². The third kappa shape index (κ3) is 11.0. The first-order valence-electron chi connectivity index (χ1n) is 36.6. The van der Waals surface area contributed by atoms with Crippen LogP contribution < -0.4 is 9.80 Å². The lowest BCUT2D eigenvalue weighted by atomic mass is 9.81. The summed E-state index contributed by atoms with van der Waals surface area (Å²) in [6, 6.07) is 136. The van der Waals surface area contributed by atoms with Crippen molar-refractivity contribution in [1.82, 2.24) is 0 Å². The molecule has 0 bridgehead atoms. The highest BCUT2D eigenvalue weighted by Gasteiger charge is 2.38. The predicted octanol–water partition coefficient (Wildman–Crippen LogP) is 27.8. The second-order valence-corrected chi connectivity index (χ2v) is 29.6. The summed E-state index contributed by atoms with van der Waals surface area (Å²) in [7, 11) is 0. The van der Waals surface area contributed by atoms with Crippen molar-refractivity contribution in [3.05, 3.63) is 397 Å². The van der Waals surface area contributed by atoms with Crippen LogP contribution in [-0.4, -0.2) is 0 Å². The van der Waals surface area contributed by atoms with Gasteiger partial charge in [-0.3, -0.25) is 0 Å². The largest absolute Gasteiger partial charge is 0.310 e. The van der Waals surface area contributed by atoms with Crippen LogP contribution in [0.5, 0.6) is 0 Å². The summed E-state index contributed by atoms with van der Waals surface area (Å²) >= 11 is 0. The Bertz CT molecular complexity index is 5970. The van der Waals surface area contributed by atoms with Crippen LogP contribution in [-0.2, 0) is 23.7 Å². The Balaban J connectivity index is 0.601. The van der Waals surface area contributed by atoms with Gasteiger partial charge in [-0.15, -0.1) is 0 Å². The topological polar surface area (TPSA) is 6.48 Å². The first-order valence-corrected chi connectivity index (χ1v) is 36.6. The van der Waals surface area contributed by atoms with Crippen LogP contribution in [0.4, 0.5) is 34.1 Å². The summed E-state index contributed by atoms with van der Waals surface area (Å²) in [6.45, 7) is 9.57. The molecule has 0 aromatic heterocycles. The summed E-state index contributed by atoms with van der Waals surface area (Å²) in [5, 5.41) is 2.50. The van der Waals surface area contributed by atoms with E-state index in [1.54, 1.807) is 0 Å². The van der Waals surface area contributed by atoms with Crippen LogP contribution in [0.1, 0.15) is 61.1 Å². The van der Waals surface area contributed by atoms with Crippen LogP contribution >= 0.6 is 0 Å². The Morgan fingerprint density at radius 1 is 0.183 bits per heavy atom. The van der Waals surface area contributed by atoms with Gasteiger partial charge in [0.15, 0.2) is 0 Å². The monoisotopic (exact) mass is 1330 g/mol. The zero-order valence-electron chi connectivity index (χ0n) is 58.9. The SMILES string of the molecule is CC1(C)c2cc(-c3ccccc3)ccc2-c2ccc(-c3ccc(N(c4ccc(-c5ccc6c(c5)C(C)(C)c5cc(-c7ccc(N(c8ccc(-c9ccccc9)cc8)c8ccc(-c9ccc(-c%10ccc%11ccccc%11c%10)cc9)c(-c9ccccc9)c8)cc7)ccc5-6)cc4)c4ccc5c(c4)CC5)cc3)cc21. The van der Waals surface area contributed by atoms with E-state index < -0.39 is 0 Å². The van der Waals surface area contributed by atoms with Gasteiger partial charge in [0.2, 0.25) is 0 Å². The van der Waals surface area contributed by atoms with E-state index in [0.717, 1.165) is 41.3 Å². The van der Waals surface area contributed by atoms with Crippen molar-refractivity contribution >= 4 is 44.9 Å². The Morgan fingerprint density at radius 2 is 0.462 bits per heavy atom. The van der Waals surface area contributed by atoms with E-state index in [9.17, 15) is 0 Å². The molecule has 16 aromatic carbocycles. The number of benzene rings is 16. The third-order valence-corrected chi connectivity index (χ3v) is 22.8. The molecular weight excluding hydrogens is 1250 g/mol. The molecule has 0 radical (unpaired) electrons. The van der Waals surface area contributed by atoms with Gasteiger partial charge in [0.25, 0.3) is 0 Å². The molecule has 0 N–H and O–H groups in total.